The number of hydrogen-bond acceptors (Lipinski definition) is 4. The number of ether oxygens (including phenoxy) is 1. The number of anilines is 2. The Morgan fingerprint density at radius 2 is 1.86 bits per heavy atom. The standard InChI is InChI=1S/C18H21N3O/c1-15-3-2-4-17(13-15)20-19-14-16-5-7-18(8-6-16)21-9-11-22-12-10-21/h2-8,13-14,20H,9-12H2,1H3/b19-14-. The van der Waals surface area contributed by atoms with Crippen molar-refractivity contribution >= 4 is 17.6 Å². The Balaban J connectivity index is 1.59. The highest BCUT2D eigenvalue weighted by Gasteiger charge is 2.10. The summed E-state index contributed by atoms with van der Waals surface area (Å²) in [5.74, 6) is 0. The summed E-state index contributed by atoms with van der Waals surface area (Å²) in [5.41, 5.74) is 7.60. The highest BCUT2D eigenvalue weighted by atomic mass is 16.5. The number of hydrazone groups is 1. The van der Waals surface area contributed by atoms with E-state index in [-0.39, 0.29) is 0 Å². The molecule has 1 heterocycles. The van der Waals surface area contributed by atoms with Crippen molar-refractivity contribution in [2.45, 2.75) is 6.92 Å². The fourth-order valence-electron chi connectivity index (χ4n) is 2.49. The number of rotatable bonds is 4. The van der Waals surface area contributed by atoms with Crippen LogP contribution in [0.25, 0.3) is 0 Å². The third-order valence-electron chi connectivity index (χ3n) is 3.69. The smallest absolute Gasteiger partial charge is 0.0642 e. The summed E-state index contributed by atoms with van der Waals surface area (Å²) >= 11 is 0. The van der Waals surface area contributed by atoms with E-state index >= 15 is 0 Å². The van der Waals surface area contributed by atoms with Gasteiger partial charge in [0, 0.05) is 18.8 Å². The molecule has 0 aromatic heterocycles. The van der Waals surface area contributed by atoms with Crippen LogP contribution in [0.4, 0.5) is 11.4 Å². The lowest BCUT2D eigenvalue weighted by Crippen LogP contribution is -2.36. The van der Waals surface area contributed by atoms with Gasteiger partial charge in [-0.15, -0.1) is 0 Å². The molecule has 114 valence electrons. The summed E-state index contributed by atoms with van der Waals surface area (Å²) in [6.45, 7) is 5.61. The molecule has 0 radical (unpaired) electrons. The van der Waals surface area contributed by atoms with E-state index in [1.165, 1.54) is 11.3 Å². The molecule has 1 saturated heterocycles. The Labute approximate surface area is 131 Å². The van der Waals surface area contributed by atoms with Crippen LogP contribution in [0, 0.1) is 6.92 Å². The summed E-state index contributed by atoms with van der Waals surface area (Å²) in [6.07, 6.45) is 1.84. The Kier molecular flexibility index (Phi) is 4.71. The maximum atomic E-state index is 5.38. The highest BCUT2D eigenvalue weighted by molar-refractivity contribution is 5.81. The zero-order valence-electron chi connectivity index (χ0n) is 12.8. The minimum absolute atomic E-state index is 0.809. The van der Waals surface area contributed by atoms with Crippen LogP contribution >= 0.6 is 0 Å². The van der Waals surface area contributed by atoms with Crippen molar-refractivity contribution in [1.82, 2.24) is 0 Å². The van der Waals surface area contributed by atoms with E-state index in [9.17, 15) is 0 Å². The van der Waals surface area contributed by atoms with Crippen LogP contribution < -0.4 is 10.3 Å². The molecule has 0 amide bonds. The molecular weight excluding hydrogens is 274 g/mol. The molecule has 2 aromatic carbocycles. The summed E-state index contributed by atoms with van der Waals surface area (Å²) in [7, 11) is 0. The molecule has 1 fully saturated rings. The molecule has 4 nitrogen and oxygen atoms in total. The van der Waals surface area contributed by atoms with E-state index in [1.807, 2.05) is 18.3 Å². The molecule has 1 N–H and O–H groups in total. The molecule has 0 aliphatic carbocycles. The van der Waals surface area contributed by atoms with Crippen molar-refractivity contribution in [1.29, 1.82) is 0 Å². The number of aryl methyl sites for hydroxylation is 1. The van der Waals surface area contributed by atoms with E-state index in [0.29, 0.717) is 0 Å². The topological polar surface area (TPSA) is 36.9 Å². The molecule has 2 aromatic rings. The largest absolute Gasteiger partial charge is 0.378 e. The lowest BCUT2D eigenvalue weighted by Gasteiger charge is -2.28. The summed E-state index contributed by atoms with van der Waals surface area (Å²) in [4.78, 5) is 2.34. The van der Waals surface area contributed by atoms with E-state index < -0.39 is 0 Å². The van der Waals surface area contributed by atoms with Crippen molar-refractivity contribution in [2.24, 2.45) is 5.10 Å². The van der Waals surface area contributed by atoms with Crippen molar-refractivity contribution < 1.29 is 4.74 Å². The number of morpholine rings is 1. The van der Waals surface area contributed by atoms with Gasteiger partial charge in [-0.05, 0) is 42.3 Å². The molecule has 3 rings (SSSR count). The van der Waals surface area contributed by atoms with Gasteiger partial charge in [-0.1, -0.05) is 24.3 Å². The number of nitrogens with one attached hydrogen (secondary N) is 1. The maximum absolute atomic E-state index is 5.38. The van der Waals surface area contributed by atoms with Crippen molar-refractivity contribution in [3.05, 3.63) is 59.7 Å². The van der Waals surface area contributed by atoms with Crippen LogP contribution in [0.2, 0.25) is 0 Å². The van der Waals surface area contributed by atoms with Gasteiger partial charge in [-0.3, -0.25) is 5.43 Å². The molecule has 0 atom stereocenters. The third-order valence-corrected chi connectivity index (χ3v) is 3.69. The van der Waals surface area contributed by atoms with Crippen LogP contribution in [0.3, 0.4) is 0 Å². The normalized spacial score (nSPS) is 15.2. The number of nitrogens with zero attached hydrogens (tertiary/aromatic N) is 2. The van der Waals surface area contributed by atoms with Gasteiger partial charge in [0.2, 0.25) is 0 Å². The van der Waals surface area contributed by atoms with Gasteiger partial charge in [-0.25, -0.2) is 0 Å². The van der Waals surface area contributed by atoms with Crippen LogP contribution in [-0.2, 0) is 4.74 Å². The van der Waals surface area contributed by atoms with Crippen molar-refractivity contribution in [3.8, 4) is 0 Å². The molecule has 4 heteroatoms. The van der Waals surface area contributed by atoms with E-state index in [4.69, 9.17) is 4.74 Å². The first kappa shape index (κ1) is 14.6. The number of benzene rings is 2. The SMILES string of the molecule is Cc1cccc(N/N=C\c2ccc(N3CCOCC3)cc2)c1. The van der Waals surface area contributed by atoms with Crippen LogP contribution in [0.15, 0.2) is 53.6 Å². The highest BCUT2D eigenvalue weighted by Crippen LogP contribution is 2.16. The lowest BCUT2D eigenvalue weighted by molar-refractivity contribution is 0.122. The van der Waals surface area contributed by atoms with Gasteiger partial charge in [-0.2, -0.15) is 5.10 Å². The van der Waals surface area contributed by atoms with Crippen molar-refractivity contribution in [3.63, 3.8) is 0 Å². The van der Waals surface area contributed by atoms with Gasteiger partial charge in [0.05, 0.1) is 25.1 Å². The molecule has 22 heavy (non-hydrogen) atoms. The Bertz CT molecular complexity index is 631. The Hall–Kier alpha value is -2.33. The maximum Gasteiger partial charge on any atom is 0.0642 e. The molecule has 1 aliphatic heterocycles. The molecule has 0 saturated carbocycles. The van der Waals surface area contributed by atoms with E-state index in [0.717, 1.165) is 37.6 Å². The van der Waals surface area contributed by atoms with E-state index in [2.05, 4.69) is 58.7 Å². The first-order valence-electron chi connectivity index (χ1n) is 7.60. The zero-order valence-corrected chi connectivity index (χ0v) is 12.8. The Morgan fingerprint density at radius 1 is 1.09 bits per heavy atom. The van der Waals surface area contributed by atoms with Crippen LogP contribution in [-0.4, -0.2) is 32.5 Å². The first-order valence-corrected chi connectivity index (χ1v) is 7.60. The average Bonchev–Trinajstić information content (AvgIpc) is 2.56. The van der Waals surface area contributed by atoms with Gasteiger partial charge < -0.3 is 9.64 Å². The minimum atomic E-state index is 0.809. The summed E-state index contributed by atoms with van der Waals surface area (Å²) in [6, 6.07) is 16.6. The second-order valence-electron chi connectivity index (χ2n) is 5.43. The number of hydrogen-bond donors (Lipinski definition) is 1. The molecule has 1 aliphatic rings. The molecule has 0 unspecified atom stereocenters. The summed E-state index contributed by atoms with van der Waals surface area (Å²) < 4.78 is 5.38. The first-order chi connectivity index (χ1) is 10.8. The summed E-state index contributed by atoms with van der Waals surface area (Å²) in [5, 5.41) is 4.29. The predicted molar refractivity (Wildman–Crippen MR) is 91.9 cm³/mol. The fraction of sp³-hybridized carbons (Fsp3) is 0.278. The lowest BCUT2D eigenvalue weighted by atomic mass is 10.2. The molecule has 0 bridgehead atoms. The average molecular weight is 295 g/mol. The van der Waals surface area contributed by atoms with Crippen LogP contribution in [0.1, 0.15) is 11.1 Å². The van der Waals surface area contributed by atoms with Crippen LogP contribution in [0.5, 0.6) is 0 Å². The Morgan fingerprint density at radius 3 is 2.59 bits per heavy atom. The second-order valence-corrected chi connectivity index (χ2v) is 5.43. The fourth-order valence-corrected chi connectivity index (χ4v) is 2.49. The monoisotopic (exact) mass is 295 g/mol. The predicted octanol–water partition coefficient (Wildman–Crippen LogP) is 3.28. The van der Waals surface area contributed by atoms with Gasteiger partial charge in [0.15, 0.2) is 0 Å². The minimum Gasteiger partial charge on any atom is -0.378 e. The second kappa shape index (κ2) is 7.09. The molecule has 0 spiro atoms. The third kappa shape index (κ3) is 3.86. The van der Waals surface area contributed by atoms with Crippen molar-refractivity contribution in [2.75, 3.05) is 36.6 Å². The molecular formula is C18H21N3O. The zero-order chi connectivity index (χ0) is 15.2. The van der Waals surface area contributed by atoms with E-state index in [1.54, 1.807) is 0 Å². The van der Waals surface area contributed by atoms with Gasteiger partial charge >= 0.3 is 0 Å². The van der Waals surface area contributed by atoms with Gasteiger partial charge in [0.25, 0.3) is 0 Å². The quantitative estimate of drug-likeness (QED) is 0.695. The van der Waals surface area contributed by atoms with Gasteiger partial charge in [0.1, 0.15) is 0 Å².